The fraction of sp³-hybridized carbons (Fsp3) is 0. The van der Waals surface area contributed by atoms with Crippen molar-refractivity contribution in [3.63, 3.8) is 0 Å². The van der Waals surface area contributed by atoms with E-state index >= 15 is 0 Å². The first-order valence-electron chi connectivity index (χ1n) is 6.27. The zero-order valence-electron chi connectivity index (χ0n) is 11.4. The van der Waals surface area contributed by atoms with E-state index in [1.807, 2.05) is 0 Å². The molecule has 0 spiro atoms. The van der Waals surface area contributed by atoms with Crippen LogP contribution in [-0.2, 0) is 9.84 Å². The highest BCUT2D eigenvalue weighted by Crippen LogP contribution is 2.36. The quantitative estimate of drug-likeness (QED) is 0.678. The molecule has 0 fully saturated rings. The second-order valence-corrected chi connectivity index (χ2v) is 9.05. The topological polar surface area (TPSA) is 85.9 Å². The molecule has 0 saturated carbocycles. The molecule has 0 aliphatic rings. The number of nitrogens with zero attached hydrogens (tertiary/aromatic N) is 2. The van der Waals surface area contributed by atoms with E-state index < -0.39 is 9.84 Å². The van der Waals surface area contributed by atoms with Crippen molar-refractivity contribution in [1.29, 1.82) is 0 Å². The summed E-state index contributed by atoms with van der Waals surface area (Å²) >= 11 is 10.3. The van der Waals surface area contributed by atoms with Crippen LogP contribution in [0.1, 0.15) is 0 Å². The van der Waals surface area contributed by atoms with Gasteiger partial charge in [0.1, 0.15) is 9.90 Å². The monoisotopic (exact) mass is 429 g/mol. The summed E-state index contributed by atoms with van der Waals surface area (Å²) in [5.41, 5.74) is 6.15. The van der Waals surface area contributed by atoms with E-state index in [0.717, 1.165) is 11.3 Å². The van der Waals surface area contributed by atoms with Crippen LogP contribution in [0.3, 0.4) is 0 Å². The van der Waals surface area contributed by atoms with Gasteiger partial charge in [-0.1, -0.05) is 11.6 Å². The Kier molecular flexibility index (Phi) is 4.41. The zero-order valence-corrected chi connectivity index (χ0v) is 15.4. The molecule has 0 atom stereocenters. The predicted molar refractivity (Wildman–Crippen MR) is 94.4 cm³/mol. The minimum absolute atomic E-state index is 0.124. The zero-order chi connectivity index (χ0) is 16.6. The number of rotatable bonds is 3. The van der Waals surface area contributed by atoms with Crippen LogP contribution in [0.25, 0.3) is 10.6 Å². The van der Waals surface area contributed by atoms with Gasteiger partial charge in [-0.15, -0.1) is 11.3 Å². The summed E-state index contributed by atoms with van der Waals surface area (Å²) in [5.74, 6) is 0.124. The molecule has 2 heterocycles. The van der Waals surface area contributed by atoms with E-state index in [-0.39, 0.29) is 15.1 Å². The third-order valence-electron chi connectivity index (χ3n) is 2.97. The highest BCUT2D eigenvalue weighted by atomic mass is 79.9. The second kappa shape index (κ2) is 6.20. The van der Waals surface area contributed by atoms with Crippen molar-refractivity contribution < 1.29 is 8.42 Å². The van der Waals surface area contributed by atoms with Crippen LogP contribution in [-0.4, -0.2) is 18.4 Å². The van der Waals surface area contributed by atoms with Gasteiger partial charge >= 0.3 is 0 Å². The lowest BCUT2D eigenvalue weighted by molar-refractivity contribution is 0.598. The SMILES string of the molecule is Nc1ncc(Br)c(-c2ccc(S(=O)(=O)c3ccc(Cl)cc3)s2)n1. The van der Waals surface area contributed by atoms with Crippen molar-refractivity contribution >= 4 is 54.7 Å². The fourth-order valence-corrected chi connectivity index (χ4v) is 5.25. The van der Waals surface area contributed by atoms with Gasteiger partial charge in [0.15, 0.2) is 0 Å². The first kappa shape index (κ1) is 16.4. The number of sulfone groups is 1. The highest BCUT2D eigenvalue weighted by Gasteiger charge is 2.21. The number of nitrogens with two attached hydrogens (primary N) is 1. The molecule has 0 saturated heterocycles. The molecular formula is C14H9BrClN3O2S2. The van der Waals surface area contributed by atoms with Crippen molar-refractivity contribution in [2.24, 2.45) is 0 Å². The number of nitrogen functional groups attached to an aromatic ring is 1. The third-order valence-corrected chi connectivity index (χ3v) is 7.15. The number of halogens is 2. The molecule has 118 valence electrons. The summed E-state index contributed by atoms with van der Waals surface area (Å²) in [6.45, 7) is 0. The van der Waals surface area contributed by atoms with Gasteiger partial charge in [-0.3, -0.25) is 0 Å². The Morgan fingerprint density at radius 3 is 2.52 bits per heavy atom. The maximum atomic E-state index is 12.6. The molecule has 5 nitrogen and oxygen atoms in total. The minimum atomic E-state index is -3.60. The van der Waals surface area contributed by atoms with Crippen LogP contribution < -0.4 is 5.73 Å². The first-order chi connectivity index (χ1) is 10.9. The third kappa shape index (κ3) is 3.25. The molecule has 0 amide bonds. The highest BCUT2D eigenvalue weighted by molar-refractivity contribution is 9.10. The van der Waals surface area contributed by atoms with E-state index in [9.17, 15) is 8.42 Å². The smallest absolute Gasteiger partial charge is 0.220 e. The summed E-state index contributed by atoms with van der Waals surface area (Å²) < 4.78 is 26.1. The average Bonchev–Trinajstić information content (AvgIpc) is 3.00. The molecule has 0 aliphatic heterocycles. The van der Waals surface area contributed by atoms with Gasteiger partial charge in [0.05, 0.1) is 14.2 Å². The lowest BCUT2D eigenvalue weighted by Gasteiger charge is -2.02. The first-order valence-corrected chi connectivity index (χ1v) is 9.74. The van der Waals surface area contributed by atoms with E-state index in [0.29, 0.717) is 20.1 Å². The van der Waals surface area contributed by atoms with Gasteiger partial charge in [-0.2, -0.15) is 0 Å². The van der Waals surface area contributed by atoms with Crippen LogP contribution in [0.15, 0.2) is 56.2 Å². The molecule has 9 heteroatoms. The number of hydrogen-bond donors (Lipinski definition) is 1. The maximum absolute atomic E-state index is 12.6. The fourth-order valence-electron chi connectivity index (χ4n) is 1.88. The van der Waals surface area contributed by atoms with Crippen molar-refractivity contribution in [2.45, 2.75) is 9.10 Å². The van der Waals surface area contributed by atoms with Crippen molar-refractivity contribution in [3.8, 4) is 10.6 Å². The van der Waals surface area contributed by atoms with Gasteiger partial charge in [-0.25, -0.2) is 18.4 Å². The Morgan fingerprint density at radius 2 is 1.83 bits per heavy atom. The Labute approximate surface area is 150 Å². The molecule has 2 aromatic heterocycles. The van der Waals surface area contributed by atoms with Crippen LogP contribution in [0.2, 0.25) is 5.02 Å². The van der Waals surface area contributed by atoms with Gasteiger partial charge in [-0.05, 0) is 52.3 Å². The number of hydrogen-bond acceptors (Lipinski definition) is 6. The van der Waals surface area contributed by atoms with Crippen molar-refractivity contribution in [3.05, 3.63) is 52.1 Å². The summed E-state index contributed by atoms with van der Waals surface area (Å²) in [6, 6.07) is 9.30. The lowest BCUT2D eigenvalue weighted by Crippen LogP contribution is -1.98. The molecule has 2 N–H and O–H groups in total. The molecule has 1 aromatic carbocycles. The van der Waals surface area contributed by atoms with Crippen LogP contribution in [0, 0.1) is 0 Å². The normalized spacial score (nSPS) is 11.6. The van der Waals surface area contributed by atoms with Gasteiger partial charge in [0, 0.05) is 11.2 Å². The molecular weight excluding hydrogens is 422 g/mol. The standard InChI is InChI=1S/C14H9BrClN3O2S2/c15-10-7-18-14(17)19-13(10)11-5-6-12(22-11)23(20,21)9-3-1-8(16)2-4-9/h1-7H,(H2,17,18,19). The minimum Gasteiger partial charge on any atom is -0.368 e. The van der Waals surface area contributed by atoms with Gasteiger partial charge in [0.2, 0.25) is 15.8 Å². The largest absolute Gasteiger partial charge is 0.368 e. The van der Waals surface area contributed by atoms with E-state index in [2.05, 4.69) is 25.9 Å². The molecule has 0 radical (unpaired) electrons. The molecule has 0 aliphatic carbocycles. The summed E-state index contributed by atoms with van der Waals surface area (Å²) in [5, 5.41) is 0.483. The Morgan fingerprint density at radius 1 is 1.13 bits per heavy atom. The summed E-state index contributed by atoms with van der Waals surface area (Å²) in [7, 11) is -3.60. The number of anilines is 1. The lowest BCUT2D eigenvalue weighted by atomic mass is 10.3. The Hall–Kier alpha value is -1.48. The van der Waals surface area contributed by atoms with Crippen molar-refractivity contribution in [2.75, 3.05) is 5.73 Å². The molecule has 3 rings (SSSR count). The second-order valence-electron chi connectivity index (χ2n) is 4.50. The number of aromatic nitrogens is 2. The van der Waals surface area contributed by atoms with E-state index in [4.69, 9.17) is 17.3 Å². The maximum Gasteiger partial charge on any atom is 0.220 e. The summed E-state index contributed by atoms with van der Waals surface area (Å²) in [6.07, 6.45) is 1.53. The Bertz CT molecular complexity index is 972. The molecule has 3 aromatic rings. The van der Waals surface area contributed by atoms with Crippen molar-refractivity contribution in [1.82, 2.24) is 9.97 Å². The van der Waals surface area contributed by atoms with Crippen LogP contribution in [0.5, 0.6) is 0 Å². The molecule has 0 bridgehead atoms. The van der Waals surface area contributed by atoms with E-state index in [1.54, 1.807) is 24.3 Å². The average molecular weight is 431 g/mol. The molecule has 23 heavy (non-hydrogen) atoms. The van der Waals surface area contributed by atoms with Crippen LogP contribution >= 0.6 is 38.9 Å². The Balaban J connectivity index is 2.05. The predicted octanol–water partition coefficient (Wildman–Crippen LogP) is 4.04. The van der Waals surface area contributed by atoms with E-state index in [1.165, 1.54) is 18.3 Å². The van der Waals surface area contributed by atoms with Gasteiger partial charge < -0.3 is 5.73 Å². The summed E-state index contributed by atoms with van der Waals surface area (Å²) in [4.78, 5) is 8.88. The number of benzene rings is 1. The van der Waals surface area contributed by atoms with Crippen LogP contribution in [0.4, 0.5) is 5.95 Å². The number of thiophene rings is 1. The van der Waals surface area contributed by atoms with Gasteiger partial charge in [0.25, 0.3) is 0 Å². The molecule has 0 unspecified atom stereocenters.